The fourth-order valence-corrected chi connectivity index (χ4v) is 4.35. The third-order valence-corrected chi connectivity index (χ3v) is 6.27. The maximum absolute atomic E-state index is 12.5. The summed E-state index contributed by atoms with van der Waals surface area (Å²) in [6, 6.07) is 19.1. The number of likely N-dealkylation sites (tertiary alicyclic amines) is 1. The predicted molar refractivity (Wildman–Crippen MR) is 128 cm³/mol. The van der Waals surface area contributed by atoms with Gasteiger partial charge >= 0.3 is 0 Å². The van der Waals surface area contributed by atoms with E-state index >= 15 is 0 Å². The topological polar surface area (TPSA) is 70.7 Å². The maximum Gasteiger partial charge on any atom is 0.261 e. The first-order valence-electron chi connectivity index (χ1n) is 10.8. The number of nitrogens with one attached hydrogen (secondary N) is 2. The van der Waals surface area contributed by atoms with Gasteiger partial charge in [-0.2, -0.15) is 0 Å². The normalized spacial score (nSPS) is 14.7. The van der Waals surface area contributed by atoms with Crippen LogP contribution in [0.3, 0.4) is 0 Å². The Morgan fingerprint density at radius 2 is 1.81 bits per heavy atom. The van der Waals surface area contributed by atoms with Crippen LogP contribution in [0.1, 0.15) is 28.1 Å². The zero-order valence-electron chi connectivity index (χ0n) is 18.0. The third kappa shape index (κ3) is 6.18. The molecule has 166 valence electrons. The van der Waals surface area contributed by atoms with Crippen LogP contribution in [0.5, 0.6) is 11.5 Å². The van der Waals surface area contributed by atoms with Crippen LogP contribution in [0.15, 0.2) is 66.0 Å². The molecule has 2 N–H and O–H groups in total. The van der Waals surface area contributed by atoms with E-state index in [2.05, 4.69) is 15.5 Å². The van der Waals surface area contributed by atoms with E-state index in [4.69, 9.17) is 4.74 Å². The van der Waals surface area contributed by atoms with Crippen molar-refractivity contribution in [2.24, 2.45) is 0 Å². The van der Waals surface area contributed by atoms with Crippen LogP contribution in [0, 0.1) is 6.92 Å². The van der Waals surface area contributed by atoms with Gasteiger partial charge in [0.25, 0.3) is 5.91 Å². The average molecular weight is 450 g/mol. The number of piperidine rings is 1. The molecule has 0 atom stereocenters. The largest absolute Gasteiger partial charge is 0.457 e. The Kier molecular flexibility index (Phi) is 7.19. The summed E-state index contributed by atoms with van der Waals surface area (Å²) in [6.07, 6.45) is 1.69. The van der Waals surface area contributed by atoms with Crippen molar-refractivity contribution in [1.82, 2.24) is 10.2 Å². The van der Waals surface area contributed by atoms with E-state index in [-0.39, 0.29) is 17.9 Å². The molecule has 7 heteroatoms. The highest BCUT2D eigenvalue weighted by molar-refractivity contribution is 7.12. The summed E-state index contributed by atoms with van der Waals surface area (Å²) in [7, 11) is 0. The van der Waals surface area contributed by atoms with Gasteiger partial charge in [-0.15, -0.1) is 11.3 Å². The Morgan fingerprint density at radius 3 is 2.50 bits per heavy atom. The lowest BCUT2D eigenvalue weighted by atomic mass is 10.0. The standard InChI is InChI=1S/C25H27N3O3S/c1-18-4-2-5-22(16-18)31-21-9-7-19(8-10-21)26-24(29)17-28-13-11-20(12-14-28)27-25(30)23-6-3-15-32-23/h2-10,15-16,20H,11-14,17H2,1H3,(H,26,29)(H,27,30). The van der Waals surface area contributed by atoms with Gasteiger partial charge in [0.2, 0.25) is 5.91 Å². The Balaban J connectivity index is 1.20. The van der Waals surface area contributed by atoms with Gasteiger partial charge in [0.1, 0.15) is 11.5 Å². The molecular weight excluding hydrogens is 422 g/mol. The molecule has 32 heavy (non-hydrogen) atoms. The van der Waals surface area contributed by atoms with Gasteiger partial charge in [0.05, 0.1) is 11.4 Å². The molecule has 0 radical (unpaired) electrons. The van der Waals surface area contributed by atoms with Crippen molar-refractivity contribution < 1.29 is 14.3 Å². The van der Waals surface area contributed by atoms with Gasteiger partial charge in [-0.05, 0) is 73.2 Å². The van der Waals surface area contributed by atoms with Crippen molar-refractivity contribution in [3.8, 4) is 11.5 Å². The quantitative estimate of drug-likeness (QED) is 0.549. The minimum absolute atomic E-state index is 0.00832. The van der Waals surface area contributed by atoms with E-state index in [1.807, 2.05) is 73.0 Å². The van der Waals surface area contributed by atoms with Gasteiger partial charge in [-0.1, -0.05) is 18.2 Å². The van der Waals surface area contributed by atoms with Crippen molar-refractivity contribution >= 4 is 28.8 Å². The maximum atomic E-state index is 12.5. The van der Waals surface area contributed by atoms with Crippen LogP contribution >= 0.6 is 11.3 Å². The second-order valence-corrected chi connectivity index (χ2v) is 8.94. The monoisotopic (exact) mass is 449 g/mol. The molecule has 1 aromatic heterocycles. The molecule has 1 aliphatic heterocycles. The number of ether oxygens (including phenoxy) is 1. The minimum Gasteiger partial charge on any atom is -0.457 e. The Labute approximate surface area is 192 Å². The Morgan fingerprint density at radius 1 is 1.03 bits per heavy atom. The zero-order chi connectivity index (χ0) is 22.3. The average Bonchev–Trinajstić information content (AvgIpc) is 3.32. The minimum atomic E-state index is -0.0431. The van der Waals surface area contributed by atoms with Crippen LogP contribution in [0.2, 0.25) is 0 Å². The van der Waals surface area contributed by atoms with Crippen LogP contribution < -0.4 is 15.4 Å². The molecule has 0 bridgehead atoms. The number of rotatable bonds is 7. The highest BCUT2D eigenvalue weighted by atomic mass is 32.1. The molecule has 0 unspecified atom stereocenters. The number of hydrogen-bond acceptors (Lipinski definition) is 5. The van der Waals surface area contributed by atoms with Crippen molar-refractivity contribution in [2.75, 3.05) is 25.0 Å². The highest BCUT2D eigenvalue weighted by Gasteiger charge is 2.22. The summed E-state index contributed by atoms with van der Waals surface area (Å²) in [4.78, 5) is 27.5. The van der Waals surface area contributed by atoms with Crippen LogP contribution in [-0.2, 0) is 4.79 Å². The third-order valence-electron chi connectivity index (χ3n) is 5.40. The number of hydrogen-bond donors (Lipinski definition) is 2. The van der Waals surface area contributed by atoms with Crippen LogP contribution in [-0.4, -0.2) is 42.4 Å². The van der Waals surface area contributed by atoms with E-state index < -0.39 is 0 Å². The van der Waals surface area contributed by atoms with Gasteiger partial charge in [0.15, 0.2) is 0 Å². The van der Waals surface area contributed by atoms with E-state index in [0.717, 1.165) is 53.6 Å². The van der Waals surface area contributed by atoms with Gasteiger partial charge in [-0.3, -0.25) is 14.5 Å². The lowest BCUT2D eigenvalue weighted by Gasteiger charge is -2.31. The number of nitrogens with zero attached hydrogens (tertiary/aromatic N) is 1. The molecule has 6 nitrogen and oxygen atoms in total. The molecule has 2 aromatic carbocycles. The second kappa shape index (κ2) is 10.4. The van der Waals surface area contributed by atoms with Crippen LogP contribution in [0.25, 0.3) is 0 Å². The lowest BCUT2D eigenvalue weighted by Crippen LogP contribution is -2.46. The van der Waals surface area contributed by atoms with Crippen molar-refractivity contribution in [1.29, 1.82) is 0 Å². The lowest BCUT2D eigenvalue weighted by molar-refractivity contribution is -0.117. The van der Waals surface area contributed by atoms with Gasteiger partial charge < -0.3 is 15.4 Å². The number of carbonyl (C=O) groups excluding carboxylic acids is 2. The first-order chi connectivity index (χ1) is 15.5. The Bertz CT molecular complexity index is 1040. The molecule has 1 aliphatic rings. The molecule has 0 aliphatic carbocycles. The molecule has 3 aromatic rings. The molecule has 0 saturated carbocycles. The fraction of sp³-hybridized carbons (Fsp3) is 0.280. The summed E-state index contributed by atoms with van der Waals surface area (Å²) in [6.45, 7) is 3.93. The first kappa shape index (κ1) is 22.0. The molecule has 2 amide bonds. The molecule has 4 rings (SSSR count). The summed E-state index contributed by atoms with van der Waals surface area (Å²) >= 11 is 1.45. The number of thiophene rings is 1. The van der Waals surface area contributed by atoms with E-state index in [9.17, 15) is 9.59 Å². The summed E-state index contributed by atoms with van der Waals surface area (Å²) in [5.74, 6) is 1.46. The zero-order valence-corrected chi connectivity index (χ0v) is 18.9. The number of anilines is 1. The predicted octanol–water partition coefficient (Wildman–Crippen LogP) is 4.68. The molecule has 1 fully saturated rings. The first-order valence-corrected chi connectivity index (χ1v) is 11.6. The highest BCUT2D eigenvalue weighted by Crippen LogP contribution is 2.23. The Hall–Kier alpha value is -3.16. The molecule has 2 heterocycles. The summed E-state index contributed by atoms with van der Waals surface area (Å²) in [5.41, 5.74) is 1.88. The molecule has 1 saturated heterocycles. The summed E-state index contributed by atoms with van der Waals surface area (Å²) in [5, 5.41) is 7.94. The number of benzene rings is 2. The second-order valence-electron chi connectivity index (χ2n) is 7.99. The number of amides is 2. The number of carbonyl (C=O) groups is 2. The van der Waals surface area contributed by atoms with Gasteiger partial charge in [0, 0.05) is 24.8 Å². The van der Waals surface area contributed by atoms with Crippen LogP contribution in [0.4, 0.5) is 5.69 Å². The van der Waals surface area contributed by atoms with Gasteiger partial charge in [-0.25, -0.2) is 0 Å². The smallest absolute Gasteiger partial charge is 0.261 e. The van der Waals surface area contributed by atoms with E-state index in [1.54, 1.807) is 0 Å². The van der Waals surface area contributed by atoms with E-state index in [1.165, 1.54) is 11.3 Å². The fourth-order valence-electron chi connectivity index (χ4n) is 3.72. The molecular formula is C25H27N3O3S. The summed E-state index contributed by atoms with van der Waals surface area (Å²) < 4.78 is 5.85. The van der Waals surface area contributed by atoms with E-state index in [0.29, 0.717) is 6.54 Å². The van der Waals surface area contributed by atoms with Crippen molar-refractivity contribution in [3.63, 3.8) is 0 Å². The molecule has 0 spiro atoms. The van der Waals surface area contributed by atoms with Crippen molar-refractivity contribution in [2.45, 2.75) is 25.8 Å². The SMILES string of the molecule is Cc1cccc(Oc2ccc(NC(=O)CN3CCC(NC(=O)c4cccs4)CC3)cc2)c1. The number of aryl methyl sites for hydroxylation is 1. The van der Waals surface area contributed by atoms with Crippen molar-refractivity contribution in [3.05, 3.63) is 76.5 Å².